The van der Waals surface area contributed by atoms with E-state index in [1.165, 1.54) is 21.3 Å². The Labute approximate surface area is 122 Å². The van der Waals surface area contributed by atoms with Crippen LogP contribution in [-0.4, -0.2) is 38.1 Å². The fourth-order valence-electron chi connectivity index (χ4n) is 1.74. The van der Waals surface area contributed by atoms with E-state index in [0.29, 0.717) is 35.2 Å². The number of nitrogens with one attached hydrogen (secondary N) is 1. The highest BCUT2D eigenvalue weighted by atomic mass is 16.5. The molecule has 0 amide bonds. The van der Waals surface area contributed by atoms with E-state index in [-0.39, 0.29) is 6.01 Å². The van der Waals surface area contributed by atoms with Crippen LogP contribution in [-0.2, 0) is 0 Å². The smallest absolute Gasteiger partial charge is 0.316 e. The van der Waals surface area contributed by atoms with Crippen LogP contribution in [0.2, 0.25) is 0 Å². The molecule has 0 aliphatic rings. The lowest BCUT2D eigenvalue weighted by molar-refractivity contribution is 0.324. The molecule has 110 valence electrons. The van der Waals surface area contributed by atoms with Crippen molar-refractivity contribution < 1.29 is 18.6 Å². The van der Waals surface area contributed by atoms with Crippen molar-refractivity contribution in [1.82, 2.24) is 10.2 Å². The zero-order valence-corrected chi connectivity index (χ0v) is 12.0. The summed E-state index contributed by atoms with van der Waals surface area (Å²) >= 11 is 0. The Morgan fingerprint density at radius 2 is 1.81 bits per heavy atom. The maximum absolute atomic E-state index is 5.46. The Bertz CT molecular complexity index is 635. The van der Waals surface area contributed by atoms with E-state index in [2.05, 4.69) is 21.4 Å². The first-order valence-corrected chi connectivity index (χ1v) is 6.04. The number of nitrogens with zero attached hydrogens (tertiary/aromatic N) is 2. The molecule has 0 bridgehead atoms. The third kappa shape index (κ3) is 3.00. The molecule has 2 rings (SSSR count). The molecule has 1 aromatic carbocycles. The number of terminal acetylenes is 1. The second kappa shape index (κ2) is 6.52. The summed E-state index contributed by atoms with van der Waals surface area (Å²) in [7, 11) is 4.61. The molecule has 0 aliphatic carbocycles. The number of aromatic nitrogens is 2. The number of hydrogen-bond donors (Lipinski definition) is 1. The molecule has 0 saturated carbocycles. The van der Waals surface area contributed by atoms with Gasteiger partial charge in [0.2, 0.25) is 11.6 Å². The molecule has 7 nitrogen and oxygen atoms in total. The Balaban J connectivity index is 2.39. The maximum Gasteiger partial charge on any atom is 0.316 e. The average Bonchev–Trinajstić information content (AvgIpc) is 3.00. The van der Waals surface area contributed by atoms with Gasteiger partial charge >= 0.3 is 6.01 Å². The van der Waals surface area contributed by atoms with Crippen LogP contribution in [0.5, 0.6) is 17.2 Å². The predicted octanol–water partition coefficient (Wildman–Crippen LogP) is 1.81. The molecule has 1 aromatic heterocycles. The number of hydrogen-bond acceptors (Lipinski definition) is 7. The van der Waals surface area contributed by atoms with Crippen molar-refractivity contribution in [2.24, 2.45) is 0 Å². The van der Waals surface area contributed by atoms with Gasteiger partial charge in [0.05, 0.1) is 27.9 Å². The minimum Gasteiger partial charge on any atom is -0.493 e. The quantitative estimate of drug-likeness (QED) is 0.812. The van der Waals surface area contributed by atoms with Gasteiger partial charge in [-0.05, 0) is 12.1 Å². The zero-order chi connectivity index (χ0) is 15.2. The average molecular weight is 289 g/mol. The van der Waals surface area contributed by atoms with Crippen molar-refractivity contribution in [2.75, 3.05) is 33.2 Å². The summed E-state index contributed by atoms with van der Waals surface area (Å²) < 4.78 is 21.3. The molecule has 0 aliphatic heterocycles. The number of rotatable bonds is 6. The number of ether oxygens (including phenoxy) is 3. The van der Waals surface area contributed by atoms with Gasteiger partial charge in [0.15, 0.2) is 11.5 Å². The molecule has 1 N–H and O–H groups in total. The van der Waals surface area contributed by atoms with Gasteiger partial charge < -0.3 is 23.9 Å². The van der Waals surface area contributed by atoms with Crippen molar-refractivity contribution in [1.29, 1.82) is 0 Å². The lowest BCUT2D eigenvalue weighted by atomic mass is 10.2. The first-order valence-electron chi connectivity index (χ1n) is 6.04. The van der Waals surface area contributed by atoms with Crippen LogP contribution in [0, 0.1) is 12.3 Å². The molecular weight excluding hydrogens is 274 g/mol. The molecule has 0 radical (unpaired) electrons. The molecule has 0 saturated heterocycles. The highest BCUT2D eigenvalue weighted by Gasteiger charge is 2.17. The molecule has 0 atom stereocenters. The lowest BCUT2D eigenvalue weighted by Crippen LogP contribution is -1.97. The molecule has 0 unspecified atom stereocenters. The maximum atomic E-state index is 5.46. The molecule has 0 fully saturated rings. The van der Waals surface area contributed by atoms with E-state index in [4.69, 9.17) is 25.1 Å². The summed E-state index contributed by atoms with van der Waals surface area (Å²) in [6.45, 7) is 0.302. The van der Waals surface area contributed by atoms with Gasteiger partial charge in [-0.1, -0.05) is 11.0 Å². The SMILES string of the molecule is C#CCNc1nnc(-c2cc(OC)c(OC)c(OC)c2)o1. The summed E-state index contributed by atoms with van der Waals surface area (Å²) in [5.41, 5.74) is 0.644. The topological polar surface area (TPSA) is 78.6 Å². The van der Waals surface area contributed by atoms with Gasteiger partial charge in [0.1, 0.15) is 0 Å². The monoisotopic (exact) mass is 289 g/mol. The highest BCUT2D eigenvalue weighted by molar-refractivity contribution is 5.65. The van der Waals surface area contributed by atoms with E-state index < -0.39 is 0 Å². The van der Waals surface area contributed by atoms with Crippen molar-refractivity contribution >= 4 is 6.01 Å². The Morgan fingerprint density at radius 3 is 2.33 bits per heavy atom. The van der Waals surface area contributed by atoms with Crippen LogP contribution in [0.4, 0.5) is 6.01 Å². The second-order valence-electron chi connectivity index (χ2n) is 3.88. The molecule has 0 spiro atoms. The van der Waals surface area contributed by atoms with Crippen LogP contribution in [0.25, 0.3) is 11.5 Å². The third-order valence-corrected chi connectivity index (χ3v) is 2.68. The molecule has 2 aromatic rings. The lowest BCUT2D eigenvalue weighted by Gasteiger charge is -2.12. The van der Waals surface area contributed by atoms with E-state index >= 15 is 0 Å². The van der Waals surface area contributed by atoms with E-state index in [1.54, 1.807) is 12.1 Å². The molecule has 7 heteroatoms. The zero-order valence-electron chi connectivity index (χ0n) is 12.0. The summed E-state index contributed by atoms with van der Waals surface area (Å²) in [4.78, 5) is 0. The first-order chi connectivity index (χ1) is 10.2. The first kappa shape index (κ1) is 14.5. The number of anilines is 1. The van der Waals surface area contributed by atoms with Gasteiger partial charge in [-0.15, -0.1) is 11.5 Å². The van der Waals surface area contributed by atoms with Crippen molar-refractivity contribution in [3.8, 4) is 41.0 Å². The molecule has 1 heterocycles. The van der Waals surface area contributed by atoms with Crippen LogP contribution in [0.1, 0.15) is 0 Å². The standard InChI is InChI=1S/C14H15N3O4/c1-5-6-15-14-17-16-13(21-14)9-7-10(18-2)12(20-4)11(8-9)19-3/h1,7-8H,6H2,2-4H3,(H,15,17). The Morgan fingerprint density at radius 1 is 1.14 bits per heavy atom. The third-order valence-electron chi connectivity index (χ3n) is 2.68. The summed E-state index contributed by atoms with van der Waals surface area (Å²) in [5, 5.41) is 10.6. The number of benzene rings is 1. The Kier molecular flexibility index (Phi) is 4.51. The van der Waals surface area contributed by atoms with E-state index in [1.807, 2.05) is 0 Å². The highest BCUT2D eigenvalue weighted by Crippen LogP contribution is 2.40. The van der Waals surface area contributed by atoms with Crippen LogP contribution in [0.15, 0.2) is 16.5 Å². The summed E-state index contributed by atoms with van der Waals surface area (Å²) in [6.07, 6.45) is 5.15. The number of methoxy groups -OCH3 is 3. The molecule has 21 heavy (non-hydrogen) atoms. The van der Waals surface area contributed by atoms with Gasteiger partial charge in [-0.25, -0.2) is 0 Å². The summed E-state index contributed by atoms with van der Waals surface area (Å²) in [5.74, 6) is 4.24. The van der Waals surface area contributed by atoms with E-state index in [9.17, 15) is 0 Å². The van der Waals surface area contributed by atoms with E-state index in [0.717, 1.165) is 0 Å². The second-order valence-corrected chi connectivity index (χ2v) is 3.88. The minimum absolute atomic E-state index is 0.247. The van der Waals surface area contributed by atoms with Gasteiger partial charge in [0.25, 0.3) is 0 Å². The summed E-state index contributed by atoms with van der Waals surface area (Å²) in [6, 6.07) is 3.69. The largest absolute Gasteiger partial charge is 0.493 e. The minimum atomic E-state index is 0.247. The van der Waals surface area contributed by atoms with Crippen molar-refractivity contribution in [3.63, 3.8) is 0 Å². The van der Waals surface area contributed by atoms with Crippen molar-refractivity contribution in [3.05, 3.63) is 12.1 Å². The predicted molar refractivity (Wildman–Crippen MR) is 76.7 cm³/mol. The van der Waals surface area contributed by atoms with Crippen LogP contribution in [0.3, 0.4) is 0 Å². The van der Waals surface area contributed by atoms with Gasteiger partial charge in [-0.2, -0.15) is 0 Å². The fraction of sp³-hybridized carbons (Fsp3) is 0.286. The van der Waals surface area contributed by atoms with Gasteiger partial charge in [0, 0.05) is 5.56 Å². The molecular formula is C14H15N3O4. The van der Waals surface area contributed by atoms with Gasteiger partial charge in [-0.3, -0.25) is 0 Å². The fourth-order valence-corrected chi connectivity index (χ4v) is 1.74. The van der Waals surface area contributed by atoms with Crippen LogP contribution < -0.4 is 19.5 Å². The van der Waals surface area contributed by atoms with Crippen molar-refractivity contribution in [2.45, 2.75) is 0 Å². The Hall–Kier alpha value is -2.88. The van der Waals surface area contributed by atoms with Crippen LogP contribution >= 0.6 is 0 Å². The normalized spacial score (nSPS) is 9.81.